The summed E-state index contributed by atoms with van der Waals surface area (Å²) in [5.74, 6) is 0.0808. The average molecular weight is 196 g/mol. The van der Waals surface area contributed by atoms with Gasteiger partial charge in [0, 0.05) is 14.1 Å². The van der Waals surface area contributed by atoms with E-state index < -0.39 is 0 Å². The average Bonchev–Trinajstić information content (AvgIpc) is 2.17. The maximum absolute atomic E-state index is 13.3. The van der Waals surface area contributed by atoms with Gasteiger partial charge in [-0.15, -0.1) is 0 Å². The summed E-state index contributed by atoms with van der Waals surface area (Å²) in [7, 11) is 3.66. The minimum Gasteiger partial charge on any atom is -0.375 e. The number of nitrogens with two attached hydrogens (primary N) is 1. The van der Waals surface area contributed by atoms with Gasteiger partial charge in [-0.05, 0) is 30.2 Å². The maximum atomic E-state index is 13.3. The van der Waals surface area contributed by atoms with Crippen molar-refractivity contribution in [3.63, 3.8) is 0 Å². The second-order valence-corrected chi connectivity index (χ2v) is 3.74. The molecule has 0 fully saturated rings. The van der Waals surface area contributed by atoms with Crippen LogP contribution in [0.4, 0.5) is 10.1 Å². The molecule has 0 radical (unpaired) electrons. The topological polar surface area (TPSA) is 29.3 Å². The van der Waals surface area contributed by atoms with Crippen LogP contribution >= 0.6 is 0 Å². The van der Waals surface area contributed by atoms with Gasteiger partial charge in [-0.2, -0.15) is 0 Å². The molecule has 0 aliphatic carbocycles. The summed E-state index contributed by atoms with van der Waals surface area (Å²) in [5.41, 5.74) is 7.26. The van der Waals surface area contributed by atoms with Gasteiger partial charge in [0.1, 0.15) is 5.82 Å². The van der Waals surface area contributed by atoms with Crippen molar-refractivity contribution in [3.05, 3.63) is 29.6 Å². The number of halogens is 1. The summed E-state index contributed by atoms with van der Waals surface area (Å²) in [5, 5.41) is 0. The fourth-order valence-corrected chi connectivity index (χ4v) is 1.32. The lowest BCUT2D eigenvalue weighted by atomic mass is 10.0. The van der Waals surface area contributed by atoms with Gasteiger partial charge in [0.05, 0.1) is 5.69 Å². The molecule has 0 aromatic heterocycles. The van der Waals surface area contributed by atoms with Crippen molar-refractivity contribution in [3.8, 4) is 0 Å². The molecule has 0 amide bonds. The Morgan fingerprint density at radius 2 is 2.07 bits per heavy atom. The SMILES string of the molecule is CC(CN)c1ccc(F)c(N(C)C)c1. The molecule has 78 valence electrons. The summed E-state index contributed by atoms with van der Waals surface area (Å²) >= 11 is 0. The second-order valence-electron chi connectivity index (χ2n) is 3.74. The number of hydrogen-bond acceptors (Lipinski definition) is 2. The van der Waals surface area contributed by atoms with Crippen molar-refractivity contribution >= 4 is 5.69 Å². The fraction of sp³-hybridized carbons (Fsp3) is 0.455. The molecule has 14 heavy (non-hydrogen) atoms. The molecule has 2 nitrogen and oxygen atoms in total. The second kappa shape index (κ2) is 4.42. The largest absolute Gasteiger partial charge is 0.375 e. The van der Waals surface area contributed by atoms with Crippen molar-refractivity contribution < 1.29 is 4.39 Å². The first-order valence-corrected chi connectivity index (χ1v) is 4.73. The summed E-state index contributed by atoms with van der Waals surface area (Å²) in [6, 6.07) is 5.14. The first-order chi connectivity index (χ1) is 6.56. The Labute approximate surface area is 84.5 Å². The zero-order valence-corrected chi connectivity index (χ0v) is 8.92. The Morgan fingerprint density at radius 3 is 2.57 bits per heavy atom. The van der Waals surface area contributed by atoms with E-state index in [-0.39, 0.29) is 11.7 Å². The normalized spacial score (nSPS) is 12.6. The molecule has 3 heteroatoms. The lowest BCUT2D eigenvalue weighted by molar-refractivity contribution is 0.624. The first-order valence-electron chi connectivity index (χ1n) is 4.73. The number of hydrogen-bond donors (Lipinski definition) is 1. The van der Waals surface area contributed by atoms with Crippen molar-refractivity contribution in [1.29, 1.82) is 0 Å². The van der Waals surface area contributed by atoms with E-state index in [9.17, 15) is 4.39 Å². The van der Waals surface area contributed by atoms with Crippen LogP contribution in [0.1, 0.15) is 18.4 Å². The minimum absolute atomic E-state index is 0.192. The number of rotatable bonds is 3. The van der Waals surface area contributed by atoms with Crippen LogP contribution < -0.4 is 10.6 Å². The highest BCUT2D eigenvalue weighted by Crippen LogP contribution is 2.23. The molecule has 0 aliphatic heterocycles. The Bertz CT molecular complexity index is 310. The molecule has 0 heterocycles. The summed E-state index contributed by atoms with van der Waals surface area (Å²) in [6.45, 7) is 2.62. The Hall–Kier alpha value is -1.09. The van der Waals surface area contributed by atoms with E-state index in [1.165, 1.54) is 6.07 Å². The van der Waals surface area contributed by atoms with Gasteiger partial charge < -0.3 is 10.6 Å². The smallest absolute Gasteiger partial charge is 0.146 e. The first kappa shape index (κ1) is 11.0. The highest BCUT2D eigenvalue weighted by atomic mass is 19.1. The van der Waals surface area contributed by atoms with Crippen LogP contribution in [0.5, 0.6) is 0 Å². The van der Waals surface area contributed by atoms with Gasteiger partial charge in [-0.1, -0.05) is 13.0 Å². The highest BCUT2D eigenvalue weighted by Gasteiger charge is 2.08. The van der Waals surface area contributed by atoms with Gasteiger partial charge in [0.2, 0.25) is 0 Å². The van der Waals surface area contributed by atoms with Crippen LogP contribution in [0.2, 0.25) is 0 Å². The quantitative estimate of drug-likeness (QED) is 0.800. The highest BCUT2D eigenvalue weighted by molar-refractivity contribution is 5.49. The van der Waals surface area contributed by atoms with E-state index in [0.717, 1.165) is 5.56 Å². The van der Waals surface area contributed by atoms with E-state index in [2.05, 4.69) is 0 Å². The van der Waals surface area contributed by atoms with Gasteiger partial charge >= 0.3 is 0 Å². The predicted octanol–water partition coefficient (Wildman–Crippen LogP) is 1.95. The lowest BCUT2D eigenvalue weighted by Gasteiger charge is -2.16. The Kier molecular flexibility index (Phi) is 3.47. The summed E-state index contributed by atoms with van der Waals surface area (Å²) < 4.78 is 13.3. The molecular formula is C11H17FN2. The van der Waals surface area contributed by atoms with Crippen molar-refractivity contribution in [2.45, 2.75) is 12.8 Å². The van der Waals surface area contributed by atoms with Gasteiger partial charge in [-0.25, -0.2) is 4.39 Å². The van der Waals surface area contributed by atoms with E-state index >= 15 is 0 Å². The van der Waals surface area contributed by atoms with Crippen LogP contribution in [-0.2, 0) is 0 Å². The van der Waals surface area contributed by atoms with Crippen LogP contribution in [0.15, 0.2) is 18.2 Å². The Balaban J connectivity index is 3.06. The zero-order valence-electron chi connectivity index (χ0n) is 8.92. The van der Waals surface area contributed by atoms with Crippen molar-refractivity contribution in [1.82, 2.24) is 0 Å². The number of benzene rings is 1. The maximum Gasteiger partial charge on any atom is 0.146 e. The molecule has 0 spiro atoms. The third-order valence-corrected chi connectivity index (χ3v) is 2.37. The lowest BCUT2D eigenvalue weighted by Crippen LogP contribution is -2.13. The van der Waals surface area contributed by atoms with Gasteiger partial charge in [0.15, 0.2) is 0 Å². The van der Waals surface area contributed by atoms with Gasteiger partial charge in [-0.3, -0.25) is 0 Å². The van der Waals surface area contributed by atoms with E-state index in [1.807, 2.05) is 27.1 Å². The molecule has 1 unspecified atom stereocenters. The zero-order chi connectivity index (χ0) is 10.7. The van der Waals surface area contributed by atoms with Crippen LogP contribution in [0.25, 0.3) is 0 Å². The standard InChI is InChI=1S/C11H17FN2/c1-8(7-13)9-4-5-10(12)11(6-9)14(2)3/h4-6,8H,7,13H2,1-3H3. The molecule has 1 atom stereocenters. The molecule has 2 N–H and O–H groups in total. The minimum atomic E-state index is -0.192. The third-order valence-electron chi connectivity index (χ3n) is 2.37. The molecule has 1 aromatic rings. The molecule has 0 aliphatic rings. The number of nitrogens with zero attached hydrogens (tertiary/aromatic N) is 1. The molecule has 0 saturated carbocycles. The third kappa shape index (κ3) is 2.23. The van der Waals surface area contributed by atoms with Crippen LogP contribution in [-0.4, -0.2) is 20.6 Å². The van der Waals surface area contributed by atoms with E-state index in [1.54, 1.807) is 11.0 Å². The molecular weight excluding hydrogens is 179 g/mol. The fourth-order valence-electron chi connectivity index (χ4n) is 1.32. The van der Waals surface area contributed by atoms with E-state index in [0.29, 0.717) is 12.2 Å². The Morgan fingerprint density at radius 1 is 1.43 bits per heavy atom. The molecule has 0 saturated heterocycles. The summed E-state index contributed by atoms with van der Waals surface area (Å²) in [4.78, 5) is 1.77. The molecule has 0 bridgehead atoms. The van der Waals surface area contributed by atoms with Crippen LogP contribution in [0.3, 0.4) is 0 Å². The van der Waals surface area contributed by atoms with Crippen molar-refractivity contribution in [2.24, 2.45) is 5.73 Å². The summed E-state index contributed by atoms with van der Waals surface area (Å²) in [6.07, 6.45) is 0. The van der Waals surface area contributed by atoms with Gasteiger partial charge in [0.25, 0.3) is 0 Å². The molecule has 1 aromatic carbocycles. The van der Waals surface area contributed by atoms with Crippen LogP contribution in [0, 0.1) is 5.82 Å². The molecule has 1 rings (SSSR count). The van der Waals surface area contributed by atoms with E-state index in [4.69, 9.17) is 5.73 Å². The van der Waals surface area contributed by atoms with Crippen molar-refractivity contribution in [2.75, 3.05) is 25.5 Å². The number of anilines is 1. The predicted molar refractivity (Wildman–Crippen MR) is 58.2 cm³/mol. The monoisotopic (exact) mass is 196 g/mol.